The second-order valence-corrected chi connectivity index (χ2v) is 6.51. The van der Waals surface area contributed by atoms with Crippen LogP contribution in [0.4, 0.5) is 0 Å². The van der Waals surface area contributed by atoms with Gasteiger partial charge in [0.1, 0.15) is 5.54 Å². The summed E-state index contributed by atoms with van der Waals surface area (Å²) >= 11 is 0. The molecule has 3 heteroatoms. The lowest BCUT2D eigenvalue weighted by Gasteiger charge is -2.40. The fourth-order valence-electron chi connectivity index (χ4n) is 3.37. The number of nitrogens with one attached hydrogen (secondary N) is 1. The Kier molecular flexibility index (Phi) is 5.40. The molecular weight excluding hydrogens is 262 g/mol. The van der Waals surface area contributed by atoms with Crippen LogP contribution in [0.2, 0.25) is 0 Å². The molecule has 0 spiro atoms. The molecule has 2 rings (SSSR count). The summed E-state index contributed by atoms with van der Waals surface area (Å²) in [4.78, 5) is 12.4. The molecule has 1 aromatic rings. The summed E-state index contributed by atoms with van der Waals surface area (Å²) in [6.45, 7) is 5.20. The van der Waals surface area contributed by atoms with Gasteiger partial charge in [-0.2, -0.15) is 0 Å². The summed E-state index contributed by atoms with van der Waals surface area (Å²) < 4.78 is 5.11. The van der Waals surface area contributed by atoms with Crippen LogP contribution >= 0.6 is 0 Å². The SMILES string of the molecule is COC(=O)C1(NCc2ccccc2)CCCC(C(C)C)C1. The molecule has 1 aliphatic rings. The second kappa shape index (κ2) is 7.08. The Morgan fingerprint density at radius 3 is 2.71 bits per heavy atom. The summed E-state index contributed by atoms with van der Waals surface area (Å²) in [5.41, 5.74) is 0.685. The number of esters is 1. The number of benzene rings is 1. The first-order chi connectivity index (χ1) is 10.1. The minimum absolute atomic E-state index is 0.108. The van der Waals surface area contributed by atoms with E-state index in [1.807, 2.05) is 18.2 Å². The van der Waals surface area contributed by atoms with Gasteiger partial charge in [-0.25, -0.2) is 0 Å². The van der Waals surface area contributed by atoms with E-state index in [9.17, 15) is 4.79 Å². The predicted molar refractivity (Wildman–Crippen MR) is 84.8 cm³/mol. The summed E-state index contributed by atoms with van der Waals surface area (Å²) in [5, 5.41) is 3.51. The molecule has 1 saturated carbocycles. The van der Waals surface area contributed by atoms with Gasteiger partial charge < -0.3 is 4.74 Å². The van der Waals surface area contributed by atoms with Crippen LogP contribution in [0.1, 0.15) is 45.1 Å². The van der Waals surface area contributed by atoms with Crippen LogP contribution in [0.15, 0.2) is 30.3 Å². The third-order valence-electron chi connectivity index (χ3n) is 4.78. The Bertz CT molecular complexity index is 458. The number of ether oxygens (including phenoxy) is 1. The molecule has 21 heavy (non-hydrogen) atoms. The highest BCUT2D eigenvalue weighted by molar-refractivity contribution is 5.81. The molecule has 1 aromatic carbocycles. The van der Waals surface area contributed by atoms with E-state index < -0.39 is 5.54 Å². The molecule has 2 atom stereocenters. The fourth-order valence-corrected chi connectivity index (χ4v) is 3.37. The molecule has 1 N–H and O–H groups in total. The first-order valence-electron chi connectivity index (χ1n) is 7.95. The Morgan fingerprint density at radius 1 is 1.38 bits per heavy atom. The molecule has 1 fully saturated rings. The predicted octanol–water partition coefficient (Wildman–Crippen LogP) is 3.53. The number of hydrogen-bond acceptors (Lipinski definition) is 3. The first-order valence-corrected chi connectivity index (χ1v) is 7.95. The van der Waals surface area contributed by atoms with Crippen molar-refractivity contribution in [3.05, 3.63) is 35.9 Å². The van der Waals surface area contributed by atoms with Crippen LogP contribution in [-0.4, -0.2) is 18.6 Å². The molecule has 0 aliphatic heterocycles. The maximum Gasteiger partial charge on any atom is 0.326 e. The minimum Gasteiger partial charge on any atom is -0.468 e. The van der Waals surface area contributed by atoms with Crippen LogP contribution < -0.4 is 5.32 Å². The van der Waals surface area contributed by atoms with E-state index in [1.165, 1.54) is 19.1 Å². The highest BCUT2D eigenvalue weighted by Crippen LogP contribution is 2.37. The average Bonchev–Trinajstić information content (AvgIpc) is 2.53. The highest BCUT2D eigenvalue weighted by atomic mass is 16.5. The number of rotatable bonds is 5. The quantitative estimate of drug-likeness (QED) is 0.843. The summed E-state index contributed by atoms with van der Waals surface area (Å²) in [5.74, 6) is 1.08. The summed E-state index contributed by atoms with van der Waals surface area (Å²) in [6.07, 6.45) is 4.04. The van der Waals surface area contributed by atoms with Crippen LogP contribution in [0.3, 0.4) is 0 Å². The lowest BCUT2D eigenvalue weighted by molar-refractivity contribution is -0.151. The molecule has 3 nitrogen and oxygen atoms in total. The van der Waals surface area contributed by atoms with Gasteiger partial charge in [-0.05, 0) is 30.2 Å². The molecule has 1 aliphatic carbocycles. The van der Waals surface area contributed by atoms with Gasteiger partial charge in [0.05, 0.1) is 7.11 Å². The van der Waals surface area contributed by atoms with E-state index >= 15 is 0 Å². The lowest BCUT2D eigenvalue weighted by Crippen LogP contribution is -2.55. The van der Waals surface area contributed by atoms with Crippen LogP contribution in [-0.2, 0) is 16.1 Å². The van der Waals surface area contributed by atoms with Gasteiger partial charge in [0.2, 0.25) is 0 Å². The monoisotopic (exact) mass is 289 g/mol. The smallest absolute Gasteiger partial charge is 0.326 e. The second-order valence-electron chi connectivity index (χ2n) is 6.51. The van der Waals surface area contributed by atoms with E-state index in [4.69, 9.17) is 4.74 Å². The Hall–Kier alpha value is -1.35. The molecule has 2 unspecified atom stereocenters. The maximum absolute atomic E-state index is 12.4. The van der Waals surface area contributed by atoms with Crippen molar-refractivity contribution in [1.29, 1.82) is 0 Å². The van der Waals surface area contributed by atoms with Crippen molar-refractivity contribution < 1.29 is 9.53 Å². The van der Waals surface area contributed by atoms with Crippen molar-refractivity contribution in [2.24, 2.45) is 11.8 Å². The molecule has 0 bridgehead atoms. The third kappa shape index (κ3) is 3.85. The maximum atomic E-state index is 12.4. The molecular formula is C18H27NO2. The topological polar surface area (TPSA) is 38.3 Å². The van der Waals surface area contributed by atoms with E-state index in [1.54, 1.807) is 0 Å². The Labute approximate surface area is 128 Å². The Balaban J connectivity index is 2.11. The van der Waals surface area contributed by atoms with Crippen LogP contribution in [0.5, 0.6) is 0 Å². The number of carbonyl (C=O) groups excluding carboxylic acids is 1. The zero-order valence-corrected chi connectivity index (χ0v) is 13.4. The van der Waals surface area contributed by atoms with Crippen LogP contribution in [0.25, 0.3) is 0 Å². The zero-order valence-electron chi connectivity index (χ0n) is 13.4. The largest absolute Gasteiger partial charge is 0.468 e. The summed E-state index contributed by atoms with van der Waals surface area (Å²) in [6, 6.07) is 10.2. The molecule has 0 amide bonds. The van der Waals surface area contributed by atoms with Crippen LogP contribution in [0, 0.1) is 11.8 Å². The highest BCUT2D eigenvalue weighted by Gasteiger charge is 2.43. The molecule has 0 saturated heterocycles. The zero-order chi connectivity index (χ0) is 15.3. The standard InChI is InChI=1S/C18H27NO2/c1-14(2)16-10-7-11-18(12-16,17(20)21-3)19-13-15-8-5-4-6-9-15/h4-6,8-9,14,16,19H,7,10-13H2,1-3H3. The number of carbonyl (C=O) groups is 1. The third-order valence-corrected chi connectivity index (χ3v) is 4.78. The van der Waals surface area contributed by atoms with Gasteiger partial charge in [0.25, 0.3) is 0 Å². The van der Waals surface area contributed by atoms with Crippen molar-refractivity contribution in [3.8, 4) is 0 Å². The average molecular weight is 289 g/mol. The molecule has 0 aromatic heterocycles. The molecule has 0 radical (unpaired) electrons. The van der Waals surface area contributed by atoms with Crippen molar-refractivity contribution in [3.63, 3.8) is 0 Å². The summed E-state index contributed by atoms with van der Waals surface area (Å²) in [7, 11) is 1.49. The van der Waals surface area contributed by atoms with Crippen molar-refractivity contribution in [2.45, 2.75) is 51.6 Å². The Morgan fingerprint density at radius 2 is 2.10 bits per heavy atom. The van der Waals surface area contributed by atoms with Crippen molar-refractivity contribution in [1.82, 2.24) is 5.32 Å². The molecule has 0 heterocycles. The lowest BCUT2D eigenvalue weighted by atomic mass is 9.71. The normalized spacial score (nSPS) is 25.8. The van der Waals surface area contributed by atoms with Gasteiger partial charge >= 0.3 is 5.97 Å². The van der Waals surface area contributed by atoms with Gasteiger partial charge in [0, 0.05) is 6.54 Å². The first kappa shape index (κ1) is 16.0. The van der Waals surface area contributed by atoms with Gasteiger partial charge in [0.15, 0.2) is 0 Å². The molecule has 116 valence electrons. The number of methoxy groups -OCH3 is 1. The van der Waals surface area contributed by atoms with E-state index in [2.05, 4.69) is 31.3 Å². The number of hydrogen-bond donors (Lipinski definition) is 1. The van der Waals surface area contributed by atoms with E-state index in [0.29, 0.717) is 18.4 Å². The van der Waals surface area contributed by atoms with Crippen molar-refractivity contribution >= 4 is 5.97 Å². The van der Waals surface area contributed by atoms with Gasteiger partial charge in [-0.1, -0.05) is 57.0 Å². The fraction of sp³-hybridized carbons (Fsp3) is 0.611. The van der Waals surface area contributed by atoms with E-state index in [0.717, 1.165) is 19.3 Å². The minimum atomic E-state index is -0.516. The van der Waals surface area contributed by atoms with Crippen molar-refractivity contribution in [2.75, 3.05) is 7.11 Å². The van der Waals surface area contributed by atoms with Gasteiger partial charge in [-0.15, -0.1) is 0 Å². The van der Waals surface area contributed by atoms with E-state index in [-0.39, 0.29) is 5.97 Å². The van der Waals surface area contributed by atoms with Gasteiger partial charge in [-0.3, -0.25) is 10.1 Å².